The Morgan fingerprint density at radius 2 is 1.97 bits per heavy atom. The lowest BCUT2D eigenvalue weighted by atomic mass is 10.1. The highest BCUT2D eigenvalue weighted by atomic mass is 16.5. The summed E-state index contributed by atoms with van der Waals surface area (Å²) in [7, 11) is 1.56. The van der Waals surface area contributed by atoms with E-state index in [1.807, 2.05) is 24.3 Å². The molecule has 0 unspecified atom stereocenters. The van der Waals surface area contributed by atoms with E-state index in [4.69, 9.17) is 14.2 Å². The van der Waals surface area contributed by atoms with E-state index in [2.05, 4.69) is 5.32 Å². The van der Waals surface area contributed by atoms with Crippen LogP contribution in [0.5, 0.6) is 11.5 Å². The standard InChI is InChI=1S/C23H22N2O5/c1-28-19-8-6-16(7-9-22(26)25-10-12-29-13-11-25)14-17(19)15-21-23(27)24-18-4-2-3-5-20(18)30-21/h2-9,14-15H,10-13H2,1H3,(H,24,27)/b9-7+,21-15-. The van der Waals surface area contributed by atoms with Crippen LogP contribution in [0.3, 0.4) is 0 Å². The van der Waals surface area contributed by atoms with Crippen LogP contribution < -0.4 is 14.8 Å². The van der Waals surface area contributed by atoms with Gasteiger partial charge in [-0.3, -0.25) is 9.59 Å². The Labute approximate surface area is 174 Å². The molecule has 2 aliphatic heterocycles. The van der Waals surface area contributed by atoms with Crippen molar-refractivity contribution in [2.75, 3.05) is 38.7 Å². The van der Waals surface area contributed by atoms with E-state index in [0.717, 1.165) is 5.56 Å². The number of para-hydroxylation sites is 2. The summed E-state index contributed by atoms with van der Waals surface area (Å²) in [6.45, 7) is 2.31. The monoisotopic (exact) mass is 406 g/mol. The summed E-state index contributed by atoms with van der Waals surface area (Å²) in [6, 6.07) is 12.7. The lowest BCUT2D eigenvalue weighted by Gasteiger charge is -2.25. The van der Waals surface area contributed by atoms with Crippen LogP contribution in [0.4, 0.5) is 5.69 Å². The second-order valence-electron chi connectivity index (χ2n) is 6.83. The minimum Gasteiger partial charge on any atom is -0.496 e. The van der Waals surface area contributed by atoms with Gasteiger partial charge in [-0.15, -0.1) is 0 Å². The molecule has 1 N–H and O–H groups in total. The zero-order chi connectivity index (χ0) is 20.9. The Kier molecular flexibility index (Phi) is 5.81. The maximum Gasteiger partial charge on any atom is 0.291 e. The van der Waals surface area contributed by atoms with E-state index < -0.39 is 0 Å². The first kappa shape index (κ1) is 19.7. The van der Waals surface area contributed by atoms with E-state index in [1.165, 1.54) is 0 Å². The first-order chi connectivity index (χ1) is 14.6. The number of carbonyl (C=O) groups excluding carboxylic acids is 2. The van der Waals surface area contributed by atoms with Gasteiger partial charge in [0.1, 0.15) is 5.75 Å². The van der Waals surface area contributed by atoms with Gasteiger partial charge in [-0.25, -0.2) is 0 Å². The molecular formula is C23H22N2O5. The van der Waals surface area contributed by atoms with Crippen molar-refractivity contribution in [1.82, 2.24) is 4.90 Å². The zero-order valence-electron chi connectivity index (χ0n) is 16.6. The normalized spacial score (nSPS) is 17.4. The van der Waals surface area contributed by atoms with E-state index in [0.29, 0.717) is 49.1 Å². The van der Waals surface area contributed by atoms with Crippen molar-refractivity contribution < 1.29 is 23.8 Å². The van der Waals surface area contributed by atoms with Crippen LogP contribution in [0, 0.1) is 0 Å². The molecule has 0 spiro atoms. The molecule has 7 heteroatoms. The molecular weight excluding hydrogens is 384 g/mol. The number of hydrogen-bond donors (Lipinski definition) is 1. The molecule has 2 amide bonds. The fourth-order valence-corrected chi connectivity index (χ4v) is 3.27. The Balaban J connectivity index is 1.57. The number of morpholine rings is 1. The number of ether oxygens (including phenoxy) is 3. The van der Waals surface area contributed by atoms with E-state index >= 15 is 0 Å². The summed E-state index contributed by atoms with van der Waals surface area (Å²) in [5, 5.41) is 2.81. The van der Waals surface area contributed by atoms with Gasteiger partial charge in [-0.1, -0.05) is 18.2 Å². The minimum atomic E-state index is -0.334. The van der Waals surface area contributed by atoms with Gasteiger partial charge in [0.15, 0.2) is 11.5 Å². The third-order valence-electron chi connectivity index (χ3n) is 4.86. The fraction of sp³-hybridized carbons (Fsp3) is 0.217. The maximum atomic E-state index is 12.4. The lowest BCUT2D eigenvalue weighted by molar-refractivity contribution is -0.129. The van der Waals surface area contributed by atoms with Crippen LogP contribution in [-0.2, 0) is 14.3 Å². The molecule has 0 aromatic heterocycles. The van der Waals surface area contributed by atoms with Crippen molar-refractivity contribution >= 4 is 29.7 Å². The van der Waals surface area contributed by atoms with E-state index in [1.54, 1.807) is 48.4 Å². The number of carbonyl (C=O) groups is 2. The van der Waals surface area contributed by atoms with Gasteiger partial charge in [-0.05, 0) is 42.0 Å². The molecule has 2 aliphatic rings. The summed E-state index contributed by atoms with van der Waals surface area (Å²) in [5.74, 6) is 0.946. The number of fused-ring (bicyclic) bond motifs is 1. The van der Waals surface area contributed by atoms with Gasteiger partial charge in [-0.2, -0.15) is 0 Å². The van der Waals surface area contributed by atoms with Crippen LogP contribution in [0.2, 0.25) is 0 Å². The molecule has 7 nitrogen and oxygen atoms in total. The molecule has 154 valence electrons. The molecule has 0 aliphatic carbocycles. The van der Waals surface area contributed by atoms with Crippen LogP contribution in [-0.4, -0.2) is 50.1 Å². The van der Waals surface area contributed by atoms with E-state index in [-0.39, 0.29) is 17.6 Å². The number of rotatable bonds is 4. The molecule has 30 heavy (non-hydrogen) atoms. The fourth-order valence-electron chi connectivity index (χ4n) is 3.27. The van der Waals surface area contributed by atoms with Crippen molar-refractivity contribution in [3.8, 4) is 11.5 Å². The number of anilines is 1. The van der Waals surface area contributed by atoms with Gasteiger partial charge in [0.25, 0.3) is 5.91 Å². The van der Waals surface area contributed by atoms with E-state index in [9.17, 15) is 9.59 Å². The van der Waals surface area contributed by atoms with Gasteiger partial charge in [0.05, 0.1) is 26.0 Å². The van der Waals surface area contributed by atoms with Gasteiger partial charge in [0.2, 0.25) is 5.91 Å². The molecule has 2 aromatic carbocycles. The predicted octanol–water partition coefficient (Wildman–Crippen LogP) is 2.94. The molecule has 1 saturated heterocycles. The Morgan fingerprint density at radius 3 is 2.77 bits per heavy atom. The first-order valence-corrected chi connectivity index (χ1v) is 9.67. The van der Waals surface area contributed by atoms with Crippen LogP contribution in [0.15, 0.2) is 54.3 Å². The molecule has 4 rings (SSSR count). The Hall–Kier alpha value is -3.58. The first-order valence-electron chi connectivity index (χ1n) is 9.67. The highest BCUT2D eigenvalue weighted by molar-refractivity contribution is 6.08. The summed E-state index contributed by atoms with van der Waals surface area (Å²) in [6.07, 6.45) is 4.92. The largest absolute Gasteiger partial charge is 0.496 e. The number of methoxy groups -OCH3 is 1. The van der Waals surface area contributed by atoms with Gasteiger partial charge >= 0.3 is 0 Å². The molecule has 0 saturated carbocycles. The number of nitrogens with one attached hydrogen (secondary N) is 1. The number of benzene rings is 2. The van der Waals surface area contributed by atoms with Crippen molar-refractivity contribution in [1.29, 1.82) is 0 Å². The Morgan fingerprint density at radius 1 is 1.17 bits per heavy atom. The second-order valence-corrected chi connectivity index (χ2v) is 6.83. The lowest BCUT2D eigenvalue weighted by Crippen LogP contribution is -2.39. The Bertz CT molecular complexity index is 1020. The quantitative estimate of drug-likeness (QED) is 0.790. The minimum absolute atomic E-state index is 0.0550. The SMILES string of the molecule is COc1ccc(/C=C/C(=O)N2CCOCC2)cc1/C=C1\Oc2ccccc2NC1=O. The summed E-state index contributed by atoms with van der Waals surface area (Å²) >= 11 is 0. The van der Waals surface area contributed by atoms with Crippen molar-refractivity contribution in [3.05, 3.63) is 65.4 Å². The summed E-state index contributed by atoms with van der Waals surface area (Å²) in [4.78, 5) is 26.5. The molecule has 1 fully saturated rings. The summed E-state index contributed by atoms with van der Waals surface area (Å²) in [5.41, 5.74) is 2.11. The maximum absolute atomic E-state index is 12.4. The van der Waals surface area contributed by atoms with Crippen molar-refractivity contribution in [2.24, 2.45) is 0 Å². The molecule has 2 heterocycles. The average Bonchev–Trinajstić information content (AvgIpc) is 2.78. The van der Waals surface area contributed by atoms with Crippen LogP contribution in [0.1, 0.15) is 11.1 Å². The number of amides is 2. The topological polar surface area (TPSA) is 77.1 Å². The predicted molar refractivity (Wildman–Crippen MR) is 113 cm³/mol. The second kappa shape index (κ2) is 8.84. The highest BCUT2D eigenvalue weighted by Gasteiger charge is 2.22. The average molecular weight is 406 g/mol. The highest BCUT2D eigenvalue weighted by Crippen LogP contribution is 2.32. The number of hydrogen-bond acceptors (Lipinski definition) is 5. The molecule has 0 radical (unpaired) electrons. The molecule has 0 bridgehead atoms. The smallest absolute Gasteiger partial charge is 0.291 e. The van der Waals surface area contributed by atoms with Gasteiger partial charge < -0.3 is 24.4 Å². The third kappa shape index (κ3) is 4.36. The van der Waals surface area contributed by atoms with Crippen LogP contribution >= 0.6 is 0 Å². The van der Waals surface area contributed by atoms with Crippen LogP contribution in [0.25, 0.3) is 12.2 Å². The number of nitrogens with zero attached hydrogens (tertiary/aromatic N) is 1. The molecule has 0 atom stereocenters. The zero-order valence-corrected chi connectivity index (χ0v) is 16.6. The third-order valence-corrected chi connectivity index (χ3v) is 4.86. The van der Waals surface area contributed by atoms with Crippen molar-refractivity contribution in [3.63, 3.8) is 0 Å². The van der Waals surface area contributed by atoms with Crippen molar-refractivity contribution in [2.45, 2.75) is 0 Å². The summed E-state index contributed by atoms with van der Waals surface area (Å²) < 4.78 is 16.5. The van der Waals surface area contributed by atoms with Gasteiger partial charge in [0, 0.05) is 24.7 Å². The molecule has 2 aromatic rings.